The lowest BCUT2D eigenvalue weighted by Crippen LogP contribution is -2.71. The maximum Gasteiger partial charge on any atom is 0.374 e. The van der Waals surface area contributed by atoms with Gasteiger partial charge in [-0.1, -0.05) is 13.3 Å². The van der Waals surface area contributed by atoms with Gasteiger partial charge in [0, 0.05) is 21.3 Å². The molecule has 24 heavy (non-hydrogen) atoms. The molecular weight excluding hydrogens is 324 g/mol. The molecule has 2 rings (SSSR count). The SMILES string of the molecule is CCCC1(OC)C(Oc2ccc(OC)cc2)CCC[Si]1(OC)OC. The molecular formula is C18H30O5Si. The van der Waals surface area contributed by atoms with Gasteiger partial charge in [0.05, 0.1) is 7.11 Å². The minimum atomic E-state index is -2.54. The first kappa shape index (κ1) is 19.2. The van der Waals surface area contributed by atoms with Gasteiger partial charge >= 0.3 is 8.56 Å². The van der Waals surface area contributed by atoms with Crippen LogP contribution in [-0.2, 0) is 13.6 Å². The fraction of sp³-hybridized carbons (Fsp3) is 0.667. The van der Waals surface area contributed by atoms with Gasteiger partial charge in [0.25, 0.3) is 0 Å². The van der Waals surface area contributed by atoms with E-state index in [1.54, 1.807) is 28.4 Å². The van der Waals surface area contributed by atoms with E-state index < -0.39 is 13.8 Å². The van der Waals surface area contributed by atoms with Crippen LogP contribution in [0.25, 0.3) is 0 Å². The summed E-state index contributed by atoms with van der Waals surface area (Å²) in [5.41, 5.74) is 0. The molecule has 1 fully saturated rings. The lowest BCUT2D eigenvalue weighted by Gasteiger charge is -2.51. The Morgan fingerprint density at radius 1 is 1.04 bits per heavy atom. The van der Waals surface area contributed by atoms with Gasteiger partial charge in [0.1, 0.15) is 22.8 Å². The molecule has 0 spiro atoms. The molecule has 5 nitrogen and oxygen atoms in total. The Morgan fingerprint density at radius 3 is 2.17 bits per heavy atom. The van der Waals surface area contributed by atoms with Crippen molar-refractivity contribution in [3.05, 3.63) is 24.3 Å². The first-order valence-corrected chi connectivity index (χ1v) is 10.6. The van der Waals surface area contributed by atoms with Crippen LogP contribution >= 0.6 is 0 Å². The van der Waals surface area contributed by atoms with Gasteiger partial charge in [0.15, 0.2) is 0 Å². The standard InChI is InChI=1S/C18H30O5Si/c1-6-13-18(20-3)17(8-7-14-24(18,21-4)22-5)23-16-11-9-15(19-2)10-12-16/h9-12,17H,6-8,13-14H2,1-5H3. The van der Waals surface area contributed by atoms with Crippen molar-refractivity contribution in [1.82, 2.24) is 0 Å². The number of hydrogen-bond donors (Lipinski definition) is 0. The van der Waals surface area contributed by atoms with Crippen molar-refractivity contribution >= 4 is 8.56 Å². The fourth-order valence-electron chi connectivity index (χ4n) is 3.93. The van der Waals surface area contributed by atoms with Crippen LogP contribution < -0.4 is 9.47 Å². The van der Waals surface area contributed by atoms with E-state index in [1.807, 2.05) is 24.3 Å². The van der Waals surface area contributed by atoms with Gasteiger partial charge in [0.2, 0.25) is 0 Å². The van der Waals surface area contributed by atoms with Crippen molar-refractivity contribution in [2.24, 2.45) is 0 Å². The lowest BCUT2D eigenvalue weighted by atomic mass is 10.0. The quantitative estimate of drug-likeness (QED) is 0.666. The number of hydrogen-bond acceptors (Lipinski definition) is 5. The zero-order valence-corrected chi connectivity index (χ0v) is 16.5. The Hall–Kier alpha value is -1.08. The van der Waals surface area contributed by atoms with E-state index in [0.717, 1.165) is 43.2 Å². The smallest absolute Gasteiger partial charge is 0.374 e. The molecule has 2 unspecified atom stereocenters. The first-order chi connectivity index (χ1) is 11.6. The highest BCUT2D eigenvalue weighted by Gasteiger charge is 2.64. The molecule has 1 aromatic carbocycles. The minimum absolute atomic E-state index is 0.0869. The van der Waals surface area contributed by atoms with Crippen molar-refractivity contribution < 1.29 is 23.1 Å². The molecule has 0 saturated carbocycles. The van der Waals surface area contributed by atoms with Gasteiger partial charge in [-0.25, -0.2) is 0 Å². The number of rotatable bonds is 8. The van der Waals surface area contributed by atoms with Crippen LogP contribution in [0.5, 0.6) is 11.5 Å². The predicted octanol–water partition coefficient (Wildman–Crippen LogP) is 3.70. The minimum Gasteiger partial charge on any atom is -0.497 e. The number of benzene rings is 1. The fourth-order valence-corrected chi connectivity index (χ4v) is 7.92. The van der Waals surface area contributed by atoms with E-state index in [4.69, 9.17) is 23.1 Å². The van der Waals surface area contributed by atoms with Gasteiger partial charge in [-0.15, -0.1) is 0 Å². The topological polar surface area (TPSA) is 46.2 Å². The maximum atomic E-state index is 6.37. The summed E-state index contributed by atoms with van der Waals surface area (Å²) in [6.45, 7) is 2.16. The van der Waals surface area contributed by atoms with Crippen molar-refractivity contribution in [2.75, 3.05) is 28.4 Å². The molecule has 0 N–H and O–H groups in total. The molecule has 136 valence electrons. The van der Waals surface area contributed by atoms with Crippen molar-refractivity contribution in [3.63, 3.8) is 0 Å². The molecule has 0 radical (unpaired) electrons. The summed E-state index contributed by atoms with van der Waals surface area (Å²) in [7, 11) is 4.37. The summed E-state index contributed by atoms with van der Waals surface area (Å²) < 4.78 is 29.7. The molecule has 0 amide bonds. The predicted molar refractivity (Wildman–Crippen MR) is 95.9 cm³/mol. The summed E-state index contributed by atoms with van der Waals surface area (Å²) in [5.74, 6) is 1.63. The van der Waals surface area contributed by atoms with E-state index in [1.165, 1.54) is 0 Å². The van der Waals surface area contributed by atoms with Crippen LogP contribution in [0.2, 0.25) is 6.04 Å². The summed E-state index contributed by atoms with van der Waals surface area (Å²) >= 11 is 0. The second kappa shape index (κ2) is 8.34. The zero-order valence-electron chi connectivity index (χ0n) is 15.5. The highest BCUT2D eigenvalue weighted by Crippen LogP contribution is 2.44. The Balaban J connectivity index is 2.33. The Morgan fingerprint density at radius 2 is 1.67 bits per heavy atom. The Labute approximate surface area is 146 Å². The van der Waals surface area contributed by atoms with Crippen LogP contribution in [0.3, 0.4) is 0 Å². The second-order valence-electron chi connectivity index (χ2n) is 6.18. The summed E-state index contributed by atoms with van der Waals surface area (Å²) in [4.78, 5) is 0. The summed E-state index contributed by atoms with van der Waals surface area (Å²) in [6.07, 6.45) is 3.71. The monoisotopic (exact) mass is 354 g/mol. The van der Waals surface area contributed by atoms with Gasteiger partial charge in [-0.3, -0.25) is 0 Å². The number of ether oxygens (including phenoxy) is 3. The maximum absolute atomic E-state index is 6.37. The van der Waals surface area contributed by atoms with Crippen LogP contribution in [-0.4, -0.2) is 48.3 Å². The summed E-state index contributed by atoms with van der Waals surface area (Å²) in [6, 6.07) is 8.61. The number of methoxy groups -OCH3 is 2. The lowest BCUT2D eigenvalue weighted by molar-refractivity contribution is -0.0847. The van der Waals surface area contributed by atoms with Gasteiger partial charge in [-0.2, -0.15) is 0 Å². The van der Waals surface area contributed by atoms with E-state index in [-0.39, 0.29) is 6.10 Å². The van der Waals surface area contributed by atoms with Crippen molar-refractivity contribution in [1.29, 1.82) is 0 Å². The third-order valence-corrected chi connectivity index (χ3v) is 9.52. The molecule has 0 aromatic heterocycles. The molecule has 0 aliphatic carbocycles. The Kier molecular flexibility index (Phi) is 6.68. The highest BCUT2D eigenvalue weighted by molar-refractivity contribution is 6.71. The highest BCUT2D eigenvalue weighted by atomic mass is 28.4. The molecule has 1 heterocycles. The average molecular weight is 355 g/mol. The largest absolute Gasteiger partial charge is 0.497 e. The molecule has 2 atom stereocenters. The second-order valence-corrected chi connectivity index (χ2v) is 9.85. The third kappa shape index (κ3) is 3.33. The molecule has 0 bridgehead atoms. The Bertz CT molecular complexity index is 503. The molecule has 1 aliphatic rings. The molecule has 1 saturated heterocycles. The van der Waals surface area contributed by atoms with E-state index in [9.17, 15) is 0 Å². The zero-order chi connectivity index (χ0) is 17.6. The van der Waals surface area contributed by atoms with E-state index >= 15 is 0 Å². The van der Waals surface area contributed by atoms with Crippen LogP contribution in [0.15, 0.2) is 24.3 Å². The first-order valence-electron chi connectivity index (χ1n) is 8.57. The van der Waals surface area contributed by atoms with E-state index in [0.29, 0.717) is 0 Å². The van der Waals surface area contributed by atoms with Gasteiger partial charge < -0.3 is 23.1 Å². The molecule has 1 aliphatic heterocycles. The molecule has 1 aromatic rings. The van der Waals surface area contributed by atoms with Crippen LogP contribution in [0, 0.1) is 0 Å². The van der Waals surface area contributed by atoms with Gasteiger partial charge in [-0.05, 0) is 49.6 Å². The van der Waals surface area contributed by atoms with Crippen molar-refractivity contribution in [3.8, 4) is 11.5 Å². The molecule has 6 heteroatoms. The van der Waals surface area contributed by atoms with Crippen molar-refractivity contribution in [2.45, 2.75) is 50.0 Å². The van der Waals surface area contributed by atoms with Crippen LogP contribution in [0.4, 0.5) is 0 Å². The normalized spacial score (nSPS) is 26.1. The average Bonchev–Trinajstić information content (AvgIpc) is 2.63. The third-order valence-electron chi connectivity index (χ3n) is 5.12. The summed E-state index contributed by atoms with van der Waals surface area (Å²) in [5, 5.41) is -0.510. The van der Waals surface area contributed by atoms with Crippen LogP contribution in [0.1, 0.15) is 32.6 Å². The van der Waals surface area contributed by atoms with E-state index in [2.05, 4.69) is 6.92 Å².